The average molecular weight is 268 g/mol. The summed E-state index contributed by atoms with van der Waals surface area (Å²) in [6.07, 6.45) is 0.173. The van der Waals surface area contributed by atoms with E-state index in [1.807, 2.05) is 6.92 Å². The van der Waals surface area contributed by atoms with Crippen molar-refractivity contribution in [1.29, 1.82) is 0 Å². The molecule has 1 aromatic rings. The van der Waals surface area contributed by atoms with Gasteiger partial charge in [-0.25, -0.2) is 4.98 Å². The van der Waals surface area contributed by atoms with Crippen molar-refractivity contribution in [3.05, 3.63) is 22.2 Å². The zero-order valence-electron chi connectivity index (χ0n) is 11.5. The van der Waals surface area contributed by atoms with E-state index in [1.165, 1.54) is 12.1 Å². The Labute approximate surface area is 112 Å². The largest absolute Gasteiger partial charge is 0.393 e. The van der Waals surface area contributed by atoms with Gasteiger partial charge in [0.05, 0.1) is 23.2 Å². The first-order chi connectivity index (χ1) is 8.93. The van der Waals surface area contributed by atoms with E-state index >= 15 is 0 Å². The smallest absolute Gasteiger partial charge is 0.276 e. The van der Waals surface area contributed by atoms with Gasteiger partial charge in [0.2, 0.25) is 0 Å². The maximum Gasteiger partial charge on any atom is 0.276 e. The molecule has 1 aromatic heterocycles. The van der Waals surface area contributed by atoms with E-state index in [4.69, 9.17) is 0 Å². The van der Waals surface area contributed by atoms with Gasteiger partial charge in [0.25, 0.3) is 5.69 Å². The third-order valence-electron chi connectivity index (χ3n) is 2.64. The van der Waals surface area contributed by atoms with Gasteiger partial charge in [0.1, 0.15) is 11.6 Å². The van der Waals surface area contributed by atoms with Gasteiger partial charge in [0.15, 0.2) is 0 Å². The van der Waals surface area contributed by atoms with Crippen molar-refractivity contribution >= 4 is 17.3 Å². The summed E-state index contributed by atoms with van der Waals surface area (Å²) in [4.78, 5) is 16.6. The van der Waals surface area contributed by atoms with Gasteiger partial charge in [0, 0.05) is 20.1 Å². The van der Waals surface area contributed by atoms with Gasteiger partial charge in [-0.05, 0) is 20.3 Å². The van der Waals surface area contributed by atoms with Gasteiger partial charge in [-0.1, -0.05) is 0 Å². The maximum absolute atomic E-state index is 10.9. The number of nitrogens with one attached hydrogen (secondary N) is 1. The summed E-state index contributed by atoms with van der Waals surface area (Å²) in [7, 11) is 1.80. The lowest BCUT2D eigenvalue weighted by Crippen LogP contribution is -2.23. The molecular weight excluding hydrogens is 248 g/mol. The number of aliphatic hydroxyl groups excluding tert-OH is 1. The highest BCUT2D eigenvalue weighted by Gasteiger charge is 2.13. The third kappa shape index (κ3) is 4.70. The minimum absolute atomic E-state index is 0.00449. The summed E-state index contributed by atoms with van der Waals surface area (Å²) >= 11 is 0. The summed E-state index contributed by atoms with van der Waals surface area (Å²) in [5.74, 6) is 1.00. The SMILES string of the molecule is CCNc1cc([N+](=O)[O-])cc(N(C)CCC(C)O)n1. The van der Waals surface area contributed by atoms with Crippen molar-refractivity contribution in [3.63, 3.8) is 0 Å². The van der Waals surface area contributed by atoms with Crippen molar-refractivity contribution in [2.24, 2.45) is 0 Å². The minimum atomic E-state index is -0.436. The second kappa shape index (κ2) is 6.89. The molecule has 1 heterocycles. The molecule has 0 aliphatic heterocycles. The summed E-state index contributed by atoms with van der Waals surface area (Å²) in [5, 5.41) is 23.1. The van der Waals surface area contributed by atoms with Gasteiger partial charge in [-0.3, -0.25) is 10.1 Å². The van der Waals surface area contributed by atoms with Crippen LogP contribution in [0, 0.1) is 10.1 Å². The number of hydrogen-bond acceptors (Lipinski definition) is 6. The second-order valence-electron chi connectivity index (χ2n) is 4.42. The van der Waals surface area contributed by atoms with Crippen LogP contribution < -0.4 is 10.2 Å². The zero-order valence-corrected chi connectivity index (χ0v) is 11.5. The van der Waals surface area contributed by atoms with Crippen molar-refractivity contribution in [2.45, 2.75) is 26.4 Å². The molecule has 7 nitrogen and oxygen atoms in total. The first-order valence-corrected chi connectivity index (χ1v) is 6.23. The van der Waals surface area contributed by atoms with Crippen LogP contribution in [0.4, 0.5) is 17.3 Å². The second-order valence-corrected chi connectivity index (χ2v) is 4.42. The lowest BCUT2D eigenvalue weighted by Gasteiger charge is -2.19. The van der Waals surface area contributed by atoms with Crippen molar-refractivity contribution in [1.82, 2.24) is 4.98 Å². The summed E-state index contributed by atoms with van der Waals surface area (Å²) in [6.45, 7) is 4.83. The molecular formula is C12H20N4O3. The first kappa shape index (κ1) is 15.2. The maximum atomic E-state index is 10.9. The fourth-order valence-corrected chi connectivity index (χ4v) is 1.57. The molecule has 0 spiro atoms. The average Bonchev–Trinajstić information content (AvgIpc) is 2.35. The van der Waals surface area contributed by atoms with Crippen LogP contribution in [0.1, 0.15) is 20.3 Å². The molecule has 1 rings (SSSR count). The Morgan fingerprint density at radius 2 is 2.26 bits per heavy atom. The van der Waals surface area contributed by atoms with Crippen LogP contribution in [0.25, 0.3) is 0 Å². The van der Waals surface area contributed by atoms with Crippen molar-refractivity contribution in [3.8, 4) is 0 Å². The lowest BCUT2D eigenvalue weighted by atomic mass is 10.2. The normalized spacial score (nSPS) is 12.0. The predicted molar refractivity (Wildman–Crippen MR) is 74.6 cm³/mol. The fourth-order valence-electron chi connectivity index (χ4n) is 1.57. The quantitative estimate of drug-likeness (QED) is 0.577. The third-order valence-corrected chi connectivity index (χ3v) is 2.64. The highest BCUT2D eigenvalue weighted by Crippen LogP contribution is 2.22. The van der Waals surface area contributed by atoms with Crippen LogP contribution in [-0.2, 0) is 0 Å². The Kier molecular flexibility index (Phi) is 5.50. The molecule has 0 aromatic carbocycles. The Morgan fingerprint density at radius 3 is 2.79 bits per heavy atom. The number of rotatable bonds is 7. The molecule has 0 radical (unpaired) electrons. The molecule has 0 aliphatic rings. The molecule has 0 saturated carbocycles. The van der Waals surface area contributed by atoms with Crippen LogP contribution in [0.5, 0.6) is 0 Å². The van der Waals surface area contributed by atoms with E-state index in [9.17, 15) is 15.2 Å². The number of pyridine rings is 1. The summed E-state index contributed by atoms with van der Waals surface area (Å²) in [5.41, 5.74) is 0.00449. The van der Waals surface area contributed by atoms with E-state index in [1.54, 1.807) is 18.9 Å². The number of nitrogens with zero attached hydrogens (tertiary/aromatic N) is 3. The van der Waals surface area contributed by atoms with Gasteiger partial charge in [-0.15, -0.1) is 0 Å². The molecule has 0 fully saturated rings. The molecule has 7 heteroatoms. The van der Waals surface area contributed by atoms with E-state index < -0.39 is 11.0 Å². The topological polar surface area (TPSA) is 91.5 Å². The van der Waals surface area contributed by atoms with Crippen molar-refractivity contribution in [2.75, 3.05) is 30.4 Å². The standard InChI is InChI=1S/C12H20N4O3/c1-4-13-11-7-10(16(18)19)8-12(14-11)15(3)6-5-9(2)17/h7-9,17H,4-6H2,1-3H3,(H,13,14). The number of hydrogen-bond donors (Lipinski definition) is 2. The molecule has 0 saturated heterocycles. The molecule has 106 valence electrons. The van der Waals surface area contributed by atoms with E-state index in [-0.39, 0.29) is 5.69 Å². The van der Waals surface area contributed by atoms with E-state index in [0.717, 1.165) is 0 Å². The highest BCUT2D eigenvalue weighted by atomic mass is 16.6. The van der Waals surface area contributed by atoms with Gasteiger partial charge >= 0.3 is 0 Å². The van der Waals surface area contributed by atoms with Gasteiger partial charge in [-0.2, -0.15) is 0 Å². The Balaban J connectivity index is 2.94. The lowest BCUT2D eigenvalue weighted by molar-refractivity contribution is -0.384. The van der Waals surface area contributed by atoms with Crippen LogP contribution in [0.3, 0.4) is 0 Å². The van der Waals surface area contributed by atoms with Gasteiger partial charge < -0.3 is 15.3 Å². The van der Waals surface area contributed by atoms with E-state index in [2.05, 4.69) is 10.3 Å². The molecule has 1 unspecified atom stereocenters. The molecule has 0 amide bonds. The number of nitro groups is 1. The monoisotopic (exact) mass is 268 g/mol. The number of aromatic nitrogens is 1. The van der Waals surface area contributed by atoms with Crippen LogP contribution in [0.15, 0.2) is 12.1 Å². The summed E-state index contributed by atoms with van der Waals surface area (Å²) < 4.78 is 0. The summed E-state index contributed by atoms with van der Waals surface area (Å²) in [6, 6.07) is 2.85. The Bertz CT molecular complexity index is 437. The number of aliphatic hydroxyl groups is 1. The Morgan fingerprint density at radius 1 is 1.58 bits per heavy atom. The highest BCUT2D eigenvalue weighted by molar-refractivity contribution is 5.55. The zero-order chi connectivity index (χ0) is 14.4. The fraction of sp³-hybridized carbons (Fsp3) is 0.583. The molecule has 2 N–H and O–H groups in total. The van der Waals surface area contributed by atoms with Crippen LogP contribution in [-0.4, -0.2) is 41.3 Å². The molecule has 19 heavy (non-hydrogen) atoms. The van der Waals surface area contributed by atoms with Crippen LogP contribution in [0.2, 0.25) is 0 Å². The Hall–Kier alpha value is -1.89. The minimum Gasteiger partial charge on any atom is -0.393 e. The molecule has 0 bridgehead atoms. The predicted octanol–water partition coefficient (Wildman–Crippen LogP) is 1.63. The first-order valence-electron chi connectivity index (χ1n) is 6.23. The molecule has 1 atom stereocenters. The van der Waals surface area contributed by atoms with E-state index in [0.29, 0.717) is 31.1 Å². The molecule has 0 aliphatic carbocycles. The van der Waals surface area contributed by atoms with Crippen LogP contribution >= 0.6 is 0 Å². The van der Waals surface area contributed by atoms with Crippen molar-refractivity contribution < 1.29 is 10.0 Å². The number of anilines is 2.